The average molecular weight is 406 g/mol. The van der Waals surface area contributed by atoms with Gasteiger partial charge >= 0.3 is 0 Å². The van der Waals surface area contributed by atoms with Crippen LogP contribution in [0, 0.1) is 11.3 Å². The highest BCUT2D eigenvalue weighted by Gasteiger charge is 2.13. The van der Waals surface area contributed by atoms with E-state index in [9.17, 15) is 0 Å². The Hall–Kier alpha value is -4.41. The molecule has 0 aliphatic carbocycles. The van der Waals surface area contributed by atoms with Gasteiger partial charge in [0.15, 0.2) is 0 Å². The molecule has 0 N–H and O–H groups in total. The van der Waals surface area contributed by atoms with Gasteiger partial charge in [-0.2, -0.15) is 5.26 Å². The molecular weight excluding hydrogens is 386 g/mol. The number of hydrogen-bond acceptors (Lipinski definition) is 1. The summed E-state index contributed by atoms with van der Waals surface area (Å²) in [5, 5.41) is 16.7. The summed E-state index contributed by atoms with van der Waals surface area (Å²) < 4.78 is 0. The average Bonchev–Trinajstić information content (AvgIpc) is 2.88. The number of benzene rings is 6. The van der Waals surface area contributed by atoms with Gasteiger partial charge in [0.1, 0.15) is 0 Å². The highest BCUT2D eigenvalue weighted by atomic mass is 14.2. The van der Waals surface area contributed by atoms with Crippen LogP contribution < -0.4 is 0 Å². The maximum atomic E-state index is 9.15. The van der Waals surface area contributed by atoms with Gasteiger partial charge in [-0.05, 0) is 72.8 Å². The molecule has 0 spiro atoms. The van der Waals surface area contributed by atoms with Crippen molar-refractivity contribution in [3.05, 3.63) is 121 Å². The molecule has 0 bridgehead atoms. The predicted molar refractivity (Wildman–Crippen MR) is 135 cm³/mol. The van der Waals surface area contributed by atoms with Gasteiger partial charge in [0.05, 0.1) is 11.6 Å². The number of nitriles is 1. The van der Waals surface area contributed by atoms with Crippen LogP contribution in [0.25, 0.3) is 54.6 Å². The second kappa shape index (κ2) is 7.38. The van der Waals surface area contributed by atoms with Crippen molar-refractivity contribution in [1.82, 2.24) is 0 Å². The van der Waals surface area contributed by atoms with Gasteiger partial charge in [-0.15, -0.1) is 0 Å². The topological polar surface area (TPSA) is 23.8 Å². The third-order valence-electron chi connectivity index (χ3n) is 6.31. The van der Waals surface area contributed by atoms with E-state index in [0.29, 0.717) is 5.56 Å². The maximum absolute atomic E-state index is 9.15. The quantitative estimate of drug-likeness (QED) is 0.266. The molecular formula is C31H19N. The lowest BCUT2D eigenvalue weighted by molar-refractivity contribution is 1.48. The van der Waals surface area contributed by atoms with E-state index in [1.165, 1.54) is 49.0 Å². The zero-order valence-corrected chi connectivity index (χ0v) is 17.4. The number of rotatable bonds is 2. The molecule has 0 fully saturated rings. The summed E-state index contributed by atoms with van der Waals surface area (Å²) in [6.07, 6.45) is 0. The van der Waals surface area contributed by atoms with E-state index in [1.807, 2.05) is 24.3 Å². The molecule has 0 radical (unpaired) electrons. The molecule has 0 aliphatic rings. The standard InChI is InChI=1S/C31H19N/c32-20-21-13-15-22(16-14-21)25-17-18-30(28-11-5-3-10-27(25)28)31-19-23-7-1-2-8-24(23)26-9-4-6-12-29(26)31/h1-19H. The summed E-state index contributed by atoms with van der Waals surface area (Å²) in [5.41, 5.74) is 5.47. The second-order valence-corrected chi connectivity index (χ2v) is 8.09. The smallest absolute Gasteiger partial charge is 0.0991 e. The minimum absolute atomic E-state index is 0.678. The van der Waals surface area contributed by atoms with Crippen LogP contribution in [0.5, 0.6) is 0 Å². The first-order valence-corrected chi connectivity index (χ1v) is 10.8. The van der Waals surface area contributed by atoms with Crippen LogP contribution in [0.15, 0.2) is 115 Å². The Balaban J connectivity index is 1.66. The Morgan fingerprint density at radius 3 is 1.66 bits per heavy atom. The van der Waals surface area contributed by atoms with E-state index in [-0.39, 0.29) is 0 Å². The molecule has 0 saturated heterocycles. The third kappa shape index (κ3) is 2.86. The second-order valence-electron chi connectivity index (χ2n) is 8.09. The molecule has 6 rings (SSSR count). The number of fused-ring (bicyclic) bond motifs is 4. The Bertz CT molecular complexity index is 1670. The molecule has 32 heavy (non-hydrogen) atoms. The van der Waals surface area contributed by atoms with Gasteiger partial charge in [0.2, 0.25) is 0 Å². The van der Waals surface area contributed by atoms with Gasteiger partial charge in [-0.3, -0.25) is 0 Å². The summed E-state index contributed by atoms with van der Waals surface area (Å²) in [6, 6.07) is 42.7. The fraction of sp³-hybridized carbons (Fsp3) is 0. The molecule has 0 aromatic heterocycles. The highest BCUT2D eigenvalue weighted by molar-refractivity contribution is 6.17. The SMILES string of the molecule is N#Cc1ccc(-c2ccc(-c3cc4ccccc4c4ccccc34)c3ccccc23)cc1. The van der Waals surface area contributed by atoms with Crippen LogP contribution >= 0.6 is 0 Å². The van der Waals surface area contributed by atoms with Gasteiger partial charge < -0.3 is 0 Å². The van der Waals surface area contributed by atoms with Gasteiger partial charge in [0, 0.05) is 0 Å². The lowest BCUT2D eigenvalue weighted by Crippen LogP contribution is -1.89. The Morgan fingerprint density at radius 1 is 0.438 bits per heavy atom. The van der Waals surface area contributed by atoms with Crippen LogP contribution in [0.3, 0.4) is 0 Å². The van der Waals surface area contributed by atoms with Crippen LogP contribution in [-0.4, -0.2) is 0 Å². The Morgan fingerprint density at radius 2 is 0.969 bits per heavy atom. The Kier molecular flexibility index (Phi) is 4.23. The summed E-state index contributed by atoms with van der Waals surface area (Å²) >= 11 is 0. The summed E-state index contributed by atoms with van der Waals surface area (Å²) in [5.74, 6) is 0. The molecule has 0 aliphatic heterocycles. The van der Waals surface area contributed by atoms with Crippen molar-refractivity contribution in [1.29, 1.82) is 5.26 Å². The van der Waals surface area contributed by atoms with Crippen molar-refractivity contribution in [2.45, 2.75) is 0 Å². The predicted octanol–water partition coefficient (Wildman–Crippen LogP) is 8.35. The number of hydrogen-bond donors (Lipinski definition) is 0. The molecule has 6 aromatic rings. The van der Waals surface area contributed by atoms with E-state index in [4.69, 9.17) is 5.26 Å². The van der Waals surface area contributed by atoms with Crippen molar-refractivity contribution in [2.75, 3.05) is 0 Å². The van der Waals surface area contributed by atoms with Crippen LogP contribution in [0.2, 0.25) is 0 Å². The minimum Gasteiger partial charge on any atom is -0.192 e. The molecule has 0 saturated carbocycles. The molecule has 1 nitrogen and oxygen atoms in total. The fourth-order valence-corrected chi connectivity index (χ4v) is 4.79. The fourth-order valence-electron chi connectivity index (χ4n) is 4.79. The number of nitrogens with zero attached hydrogens (tertiary/aromatic N) is 1. The van der Waals surface area contributed by atoms with Crippen molar-refractivity contribution >= 4 is 32.3 Å². The normalized spacial score (nSPS) is 11.1. The zero-order valence-electron chi connectivity index (χ0n) is 17.4. The van der Waals surface area contributed by atoms with Crippen molar-refractivity contribution in [3.8, 4) is 28.3 Å². The molecule has 148 valence electrons. The van der Waals surface area contributed by atoms with Crippen molar-refractivity contribution in [2.24, 2.45) is 0 Å². The van der Waals surface area contributed by atoms with E-state index in [0.717, 1.165) is 5.56 Å². The van der Waals surface area contributed by atoms with Gasteiger partial charge in [-0.25, -0.2) is 0 Å². The molecule has 1 heteroatoms. The first-order chi connectivity index (χ1) is 15.8. The van der Waals surface area contributed by atoms with Crippen LogP contribution in [0.4, 0.5) is 0 Å². The van der Waals surface area contributed by atoms with Gasteiger partial charge in [0.25, 0.3) is 0 Å². The summed E-state index contributed by atoms with van der Waals surface area (Å²) in [6.45, 7) is 0. The van der Waals surface area contributed by atoms with Gasteiger partial charge in [-0.1, -0.05) is 97.1 Å². The molecule has 0 unspecified atom stereocenters. The maximum Gasteiger partial charge on any atom is 0.0991 e. The largest absolute Gasteiger partial charge is 0.192 e. The zero-order chi connectivity index (χ0) is 21.5. The highest BCUT2D eigenvalue weighted by Crippen LogP contribution is 2.40. The van der Waals surface area contributed by atoms with Crippen molar-refractivity contribution in [3.63, 3.8) is 0 Å². The first kappa shape index (κ1) is 18.4. The molecule has 0 heterocycles. The van der Waals surface area contributed by atoms with E-state index >= 15 is 0 Å². The first-order valence-electron chi connectivity index (χ1n) is 10.8. The van der Waals surface area contributed by atoms with Crippen LogP contribution in [-0.2, 0) is 0 Å². The van der Waals surface area contributed by atoms with E-state index in [2.05, 4.69) is 97.1 Å². The minimum atomic E-state index is 0.678. The molecule has 0 atom stereocenters. The lowest BCUT2D eigenvalue weighted by Gasteiger charge is -2.15. The molecule has 6 aromatic carbocycles. The van der Waals surface area contributed by atoms with Crippen LogP contribution in [0.1, 0.15) is 5.56 Å². The lowest BCUT2D eigenvalue weighted by atomic mass is 9.88. The molecule has 0 amide bonds. The summed E-state index contributed by atoms with van der Waals surface area (Å²) in [4.78, 5) is 0. The van der Waals surface area contributed by atoms with E-state index in [1.54, 1.807) is 0 Å². The van der Waals surface area contributed by atoms with Crippen molar-refractivity contribution < 1.29 is 0 Å². The monoisotopic (exact) mass is 405 g/mol. The third-order valence-corrected chi connectivity index (χ3v) is 6.31. The summed E-state index contributed by atoms with van der Waals surface area (Å²) in [7, 11) is 0. The Labute approximate surface area is 186 Å². The van der Waals surface area contributed by atoms with E-state index < -0.39 is 0 Å².